The van der Waals surface area contributed by atoms with E-state index in [4.69, 9.17) is 0 Å². The molecule has 3 N–H and O–H groups in total. The molecule has 0 aliphatic carbocycles. The summed E-state index contributed by atoms with van der Waals surface area (Å²) in [6.45, 7) is 2.03. The van der Waals surface area contributed by atoms with Gasteiger partial charge in [-0.15, -0.1) is 0 Å². The number of nitrogens with zero attached hydrogens (tertiary/aromatic N) is 1. The number of halogens is 1. The van der Waals surface area contributed by atoms with Gasteiger partial charge in [-0.25, -0.2) is 4.79 Å². The van der Waals surface area contributed by atoms with E-state index >= 15 is 0 Å². The van der Waals surface area contributed by atoms with Crippen LogP contribution in [0.25, 0.3) is 0 Å². The molecule has 0 unspecified atom stereocenters. The number of nitro groups is 1. The quantitative estimate of drug-likeness (QED) is 0.542. The van der Waals surface area contributed by atoms with Crippen LogP contribution in [0.15, 0.2) is 18.2 Å². The first-order valence-electron chi connectivity index (χ1n) is 6.19. The highest BCUT2D eigenvalue weighted by Gasteiger charge is 2.14. The summed E-state index contributed by atoms with van der Waals surface area (Å²) in [4.78, 5) is 32.3. The highest BCUT2D eigenvalue weighted by molar-refractivity contribution is 5.96. The number of urea groups is 1. The summed E-state index contributed by atoms with van der Waals surface area (Å²) in [6, 6.07) is 2.53. The number of rotatable bonds is 6. The van der Waals surface area contributed by atoms with E-state index in [2.05, 4.69) is 16.0 Å². The minimum absolute atomic E-state index is 0.201. The van der Waals surface area contributed by atoms with Gasteiger partial charge in [0.25, 0.3) is 0 Å². The van der Waals surface area contributed by atoms with Crippen molar-refractivity contribution in [2.24, 2.45) is 0 Å². The third kappa shape index (κ3) is 5.43. The monoisotopic (exact) mass is 298 g/mol. The van der Waals surface area contributed by atoms with Gasteiger partial charge in [0, 0.05) is 18.3 Å². The van der Waals surface area contributed by atoms with Crippen molar-refractivity contribution in [3.8, 4) is 0 Å². The highest BCUT2D eigenvalue weighted by Crippen LogP contribution is 2.21. The number of nitrogens with one attached hydrogen (secondary N) is 3. The molecule has 0 atom stereocenters. The lowest BCUT2D eigenvalue weighted by Crippen LogP contribution is -2.42. The molecule has 1 rings (SSSR count). The Hall–Kier alpha value is -2.71. The molecule has 0 aliphatic heterocycles. The summed E-state index contributed by atoms with van der Waals surface area (Å²) in [6.07, 6.45) is 0.735. The smallest absolute Gasteiger partial charge is 0.321 e. The normalized spacial score (nSPS) is 9.81. The van der Waals surface area contributed by atoms with Gasteiger partial charge in [0.1, 0.15) is 0 Å². The molecule has 0 bridgehead atoms. The van der Waals surface area contributed by atoms with Gasteiger partial charge in [0.2, 0.25) is 11.7 Å². The Morgan fingerprint density at radius 1 is 1.38 bits per heavy atom. The van der Waals surface area contributed by atoms with Crippen LogP contribution in [0.2, 0.25) is 0 Å². The van der Waals surface area contributed by atoms with Crippen molar-refractivity contribution in [1.29, 1.82) is 0 Å². The number of carbonyl (C=O) groups is 2. The van der Waals surface area contributed by atoms with E-state index in [1.54, 1.807) is 0 Å². The van der Waals surface area contributed by atoms with Crippen LogP contribution in [0.3, 0.4) is 0 Å². The molecule has 21 heavy (non-hydrogen) atoms. The second kappa shape index (κ2) is 7.78. The average Bonchev–Trinajstić information content (AvgIpc) is 2.43. The molecule has 0 heterocycles. The molecule has 1 aromatic rings. The van der Waals surface area contributed by atoms with E-state index < -0.39 is 28.4 Å². The predicted molar refractivity (Wildman–Crippen MR) is 73.4 cm³/mol. The van der Waals surface area contributed by atoms with Gasteiger partial charge in [-0.3, -0.25) is 20.2 Å². The third-order valence-corrected chi connectivity index (χ3v) is 2.38. The summed E-state index contributed by atoms with van der Waals surface area (Å²) in [5.41, 5.74) is -0.492. The van der Waals surface area contributed by atoms with Gasteiger partial charge in [-0.2, -0.15) is 4.39 Å². The Morgan fingerprint density at radius 2 is 2.10 bits per heavy atom. The number of hydrogen-bond acceptors (Lipinski definition) is 5. The van der Waals surface area contributed by atoms with Gasteiger partial charge in [0.05, 0.1) is 11.5 Å². The zero-order chi connectivity index (χ0) is 15.8. The van der Waals surface area contributed by atoms with Crippen LogP contribution in [0.1, 0.15) is 13.3 Å². The van der Waals surface area contributed by atoms with Crippen molar-refractivity contribution in [2.45, 2.75) is 13.3 Å². The molecule has 0 aromatic heterocycles. The van der Waals surface area contributed by atoms with Crippen molar-refractivity contribution in [3.05, 3.63) is 34.1 Å². The highest BCUT2D eigenvalue weighted by atomic mass is 19.1. The zero-order valence-corrected chi connectivity index (χ0v) is 11.3. The first-order chi connectivity index (χ1) is 9.93. The molecule has 8 nitrogen and oxygen atoms in total. The minimum Gasteiger partial charge on any atom is -0.376 e. The van der Waals surface area contributed by atoms with Gasteiger partial charge in [0.15, 0.2) is 0 Å². The van der Waals surface area contributed by atoms with E-state index in [1.165, 1.54) is 6.07 Å². The number of anilines is 1. The second-order valence-corrected chi connectivity index (χ2v) is 4.08. The number of imide groups is 1. The molecule has 0 saturated heterocycles. The van der Waals surface area contributed by atoms with Crippen LogP contribution in [-0.2, 0) is 4.79 Å². The number of nitro benzene ring substituents is 1. The van der Waals surface area contributed by atoms with Crippen molar-refractivity contribution < 1.29 is 18.9 Å². The van der Waals surface area contributed by atoms with E-state index in [-0.39, 0.29) is 12.2 Å². The van der Waals surface area contributed by atoms with Gasteiger partial charge in [-0.1, -0.05) is 6.92 Å². The molecule has 114 valence electrons. The Morgan fingerprint density at radius 3 is 2.71 bits per heavy atom. The van der Waals surface area contributed by atoms with Crippen LogP contribution in [-0.4, -0.2) is 30.0 Å². The fraction of sp³-hybridized carbons (Fsp3) is 0.333. The SMILES string of the molecule is CCCNC(=O)NC(=O)CNc1ccc(F)c([N+](=O)[O-])c1. The Labute approximate surface area is 119 Å². The van der Waals surface area contributed by atoms with Crippen molar-refractivity contribution in [3.63, 3.8) is 0 Å². The molecule has 0 fully saturated rings. The summed E-state index contributed by atoms with van der Waals surface area (Å²) in [7, 11) is 0. The molecule has 1 aromatic carbocycles. The van der Waals surface area contributed by atoms with Crippen LogP contribution >= 0.6 is 0 Å². The first kappa shape index (κ1) is 16.3. The van der Waals surface area contributed by atoms with Crippen LogP contribution in [0.5, 0.6) is 0 Å². The fourth-order valence-electron chi connectivity index (χ4n) is 1.40. The van der Waals surface area contributed by atoms with Crippen molar-refractivity contribution >= 4 is 23.3 Å². The standard InChI is InChI=1S/C12H15FN4O4/c1-2-5-14-12(19)16-11(18)7-15-8-3-4-9(13)10(6-8)17(20)21/h3-4,6,15H,2,5,7H2,1H3,(H2,14,16,18,19). The van der Waals surface area contributed by atoms with E-state index in [1.807, 2.05) is 6.92 Å². The number of carbonyl (C=O) groups excluding carboxylic acids is 2. The predicted octanol–water partition coefficient (Wildman–Crippen LogP) is 1.38. The number of hydrogen-bond donors (Lipinski definition) is 3. The topological polar surface area (TPSA) is 113 Å². The van der Waals surface area contributed by atoms with Crippen molar-refractivity contribution in [2.75, 3.05) is 18.4 Å². The van der Waals surface area contributed by atoms with Crippen LogP contribution in [0, 0.1) is 15.9 Å². The first-order valence-corrected chi connectivity index (χ1v) is 6.19. The lowest BCUT2D eigenvalue weighted by Gasteiger charge is -2.08. The maximum absolute atomic E-state index is 13.1. The molecule has 0 saturated carbocycles. The number of amides is 3. The molecule has 3 amide bonds. The molecular formula is C12H15FN4O4. The van der Waals surface area contributed by atoms with E-state index in [9.17, 15) is 24.1 Å². The van der Waals surface area contributed by atoms with Crippen LogP contribution < -0.4 is 16.0 Å². The zero-order valence-electron chi connectivity index (χ0n) is 11.3. The molecule has 0 aliphatic rings. The largest absolute Gasteiger partial charge is 0.376 e. The Balaban J connectivity index is 2.52. The maximum Gasteiger partial charge on any atom is 0.321 e. The lowest BCUT2D eigenvalue weighted by atomic mass is 10.2. The molecule has 9 heteroatoms. The summed E-state index contributed by atoms with van der Waals surface area (Å²) < 4.78 is 13.1. The Bertz CT molecular complexity index is 550. The van der Waals surface area contributed by atoms with Crippen molar-refractivity contribution in [1.82, 2.24) is 10.6 Å². The third-order valence-electron chi connectivity index (χ3n) is 2.38. The van der Waals surface area contributed by atoms with Gasteiger partial charge >= 0.3 is 11.7 Å². The fourth-order valence-corrected chi connectivity index (χ4v) is 1.40. The van der Waals surface area contributed by atoms with E-state index in [0.29, 0.717) is 6.54 Å². The van der Waals surface area contributed by atoms with E-state index in [0.717, 1.165) is 18.6 Å². The van der Waals surface area contributed by atoms with Gasteiger partial charge < -0.3 is 10.6 Å². The molecular weight excluding hydrogens is 283 g/mol. The average molecular weight is 298 g/mol. The molecule has 0 radical (unpaired) electrons. The number of benzene rings is 1. The maximum atomic E-state index is 13.1. The van der Waals surface area contributed by atoms with Gasteiger partial charge in [-0.05, 0) is 18.6 Å². The summed E-state index contributed by atoms with van der Waals surface area (Å²) >= 11 is 0. The van der Waals surface area contributed by atoms with Crippen LogP contribution in [0.4, 0.5) is 20.6 Å². The Kier molecular flexibility index (Phi) is 6.05. The summed E-state index contributed by atoms with van der Waals surface area (Å²) in [5, 5.41) is 17.7. The molecule has 0 spiro atoms. The lowest BCUT2D eigenvalue weighted by molar-refractivity contribution is -0.387. The second-order valence-electron chi connectivity index (χ2n) is 4.08. The summed E-state index contributed by atoms with van der Waals surface area (Å²) in [5.74, 6) is -1.58. The minimum atomic E-state index is -0.964.